The summed E-state index contributed by atoms with van der Waals surface area (Å²) in [5, 5.41) is 40.0. The van der Waals surface area contributed by atoms with Gasteiger partial charge in [-0.05, 0) is 66.1 Å². The van der Waals surface area contributed by atoms with Crippen LogP contribution in [-0.4, -0.2) is 62.9 Å². The average molecular weight is 587 g/mol. The molecule has 8 nitrogen and oxygen atoms in total. The summed E-state index contributed by atoms with van der Waals surface area (Å²) >= 11 is 0. The Labute approximate surface area is 250 Å². The van der Waals surface area contributed by atoms with Crippen molar-refractivity contribution >= 4 is 11.9 Å². The van der Waals surface area contributed by atoms with Gasteiger partial charge in [0.05, 0.1) is 24.7 Å². The van der Waals surface area contributed by atoms with Gasteiger partial charge in [-0.25, -0.2) is 4.79 Å². The topological polar surface area (TPSA) is 134 Å². The van der Waals surface area contributed by atoms with Gasteiger partial charge in [0.25, 0.3) is 0 Å². The Kier molecular flexibility index (Phi) is 12.2. The number of carbonyl (C=O) groups is 2. The number of para-hydroxylation sites is 1. The minimum Gasteiger partial charge on any atom is -0.481 e. The third-order valence-corrected chi connectivity index (χ3v) is 8.64. The molecule has 0 heterocycles. The summed E-state index contributed by atoms with van der Waals surface area (Å²) in [4.78, 5) is 24.6. The molecule has 42 heavy (non-hydrogen) atoms. The van der Waals surface area contributed by atoms with Crippen LogP contribution in [0.3, 0.4) is 0 Å². The van der Waals surface area contributed by atoms with Gasteiger partial charge in [0.2, 0.25) is 0 Å². The minimum absolute atomic E-state index is 0.0144. The lowest BCUT2D eigenvalue weighted by atomic mass is 9.66. The van der Waals surface area contributed by atoms with Gasteiger partial charge in [-0.15, -0.1) is 0 Å². The maximum atomic E-state index is 13.7. The molecule has 8 atom stereocenters. The van der Waals surface area contributed by atoms with Crippen LogP contribution in [0, 0.1) is 17.8 Å². The monoisotopic (exact) mass is 586 g/mol. The van der Waals surface area contributed by atoms with E-state index in [0.29, 0.717) is 19.3 Å². The molecule has 1 aromatic rings. The van der Waals surface area contributed by atoms with E-state index in [4.69, 9.17) is 14.6 Å². The van der Waals surface area contributed by atoms with Crippen molar-refractivity contribution < 1.29 is 39.5 Å². The minimum atomic E-state index is -1.11. The Hall–Kier alpha value is -2.68. The summed E-state index contributed by atoms with van der Waals surface area (Å²) in [5.41, 5.74) is 3.00. The largest absolute Gasteiger partial charge is 0.481 e. The molecule has 8 heteroatoms. The molecule has 0 amide bonds. The van der Waals surface area contributed by atoms with Crippen LogP contribution in [0.1, 0.15) is 103 Å². The molecule has 0 aliphatic heterocycles. The zero-order chi connectivity index (χ0) is 31.1. The number of carboxylic acid groups (broad SMARTS) is 1. The lowest BCUT2D eigenvalue weighted by Crippen LogP contribution is -2.44. The molecule has 0 unspecified atom stereocenters. The van der Waals surface area contributed by atoms with Crippen molar-refractivity contribution in [3.8, 4) is 5.75 Å². The molecule has 0 saturated heterocycles. The summed E-state index contributed by atoms with van der Waals surface area (Å²) in [6, 6.07) is 6.09. The number of rotatable bonds is 14. The molecule has 0 spiro atoms. The second-order valence-electron chi connectivity index (χ2n) is 12.7. The van der Waals surface area contributed by atoms with Crippen LogP contribution < -0.4 is 4.74 Å². The van der Waals surface area contributed by atoms with Crippen LogP contribution in [0.15, 0.2) is 42.0 Å². The van der Waals surface area contributed by atoms with E-state index in [9.17, 15) is 24.9 Å². The zero-order valence-electron chi connectivity index (χ0n) is 25.9. The molecule has 0 radical (unpaired) electrons. The van der Waals surface area contributed by atoms with Gasteiger partial charge in [-0.1, -0.05) is 78.0 Å². The van der Waals surface area contributed by atoms with Gasteiger partial charge in [0.1, 0.15) is 11.9 Å². The number of esters is 1. The number of hydrogen-bond donors (Lipinski definition) is 4. The third kappa shape index (κ3) is 8.68. The van der Waals surface area contributed by atoms with Crippen LogP contribution in [0.4, 0.5) is 0 Å². The van der Waals surface area contributed by atoms with Gasteiger partial charge >= 0.3 is 11.9 Å². The first-order valence-corrected chi connectivity index (χ1v) is 15.5. The summed E-state index contributed by atoms with van der Waals surface area (Å²) < 4.78 is 12.6. The standard InChI is InChI=1S/C34H50O8/c1-7-29(41-33-26(19(2)3)9-8-10-27(33)20(4)5)34(40)42-30-17-24(36)15-22-12-11-21(6)28(32(22)30)14-13-23(35)16-25(37)18-31(38)39/h8-12,15,19-21,23-25,28-30,32,35-37H,7,13-14,16-18H2,1-6H3,(H,38,39)/t21-,23-,24-,25-,28+,29+,30+,32+/m1/s1. The first-order chi connectivity index (χ1) is 19.8. The molecule has 2 aliphatic carbocycles. The number of ether oxygens (including phenoxy) is 2. The number of aliphatic hydroxyl groups excluding tert-OH is 3. The molecule has 0 saturated carbocycles. The van der Waals surface area contributed by atoms with Gasteiger partial charge in [-0.3, -0.25) is 4.79 Å². The number of hydrogen-bond acceptors (Lipinski definition) is 7. The summed E-state index contributed by atoms with van der Waals surface area (Å²) in [5.74, 6) is -0.416. The molecule has 0 fully saturated rings. The van der Waals surface area contributed by atoms with Crippen LogP contribution in [0.5, 0.6) is 5.75 Å². The molecule has 1 aromatic carbocycles. The number of benzene rings is 1. The Morgan fingerprint density at radius 1 is 1.05 bits per heavy atom. The molecule has 0 bridgehead atoms. The highest BCUT2D eigenvalue weighted by Gasteiger charge is 2.43. The van der Waals surface area contributed by atoms with Crippen LogP contribution in [0.25, 0.3) is 0 Å². The normalized spacial score (nSPS) is 25.9. The predicted octanol–water partition coefficient (Wildman–Crippen LogP) is 5.50. The molecule has 4 N–H and O–H groups in total. The molecule has 3 rings (SSSR count). The number of aliphatic hydroxyl groups is 3. The summed E-state index contributed by atoms with van der Waals surface area (Å²) in [6.45, 7) is 12.4. The van der Waals surface area contributed by atoms with E-state index in [0.717, 1.165) is 22.4 Å². The van der Waals surface area contributed by atoms with Gasteiger partial charge < -0.3 is 29.9 Å². The van der Waals surface area contributed by atoms with Crippen molar-refractivity contribution in [2.75, 3.05) is 0 Å². The smallest absolute Gasteiger partial charge is 0.347 e. The van der Waals surface area contributed by atoms with E-state index >= 15 is 0 Å². The SMILES string of the molecule is CC[C@H](Oc1c(C(C)C)cccc1C(C)C)C(=O)O[C@H]1C[C@H](O)C=C2C=C[C@@H](C)[C@H](CC[C@@H](O)C[C@@H](O)CC(=O)O)[C@H]21. The Morgan fingerprint density at radius 2 is 1.69 bits per heavy atom. The van der Waals surface area contributed by atoms with Crippen molar-refractivity contribution in [1.29, 1.82) is 0 Å². The molecule has 0 aromatic heterocycles. The molecular formula is C34H50O8. The zero-order valence-corrected chi connectivity index (χ0v) is 25.9. The number of aliphatic carboxylic acids is 1. The summed E-state index contributed by atoms with van der Waals surface area (Å²) in [6.07, 6.45) is 3.03. The van der Waals surface area contributed by atoms with Gasteiger partial charge in [0, 0.05) is 12.3 Å². The lowest BCUT2D eigenvalue weighted by molar-refractivity contribution is -0.163. The highest BCUT2D eigenvalue weighted by Crippen LogP contribution is 2.44. The first kappa shape index (κ1) is 33.8. The fourth-order valence-corrected chi connectivity index (χ4v) is 6.37. The number of allylic oxidation sites excluding steroid dienone is 2. The van der Waals surface area contributed by atoms with Crippen molar-refractivity contribution in [1.82, 2.24) is 0 Å². The van der Waals surface area contributed by atoms with Crippen molar-refractivity contribution in [2.45, 2.75) is 122 Å². The highest BCUT2D eigenvalue weighted by molar-refractivity contribution is 5.75. The van der Waals surface area contributed by atoms with Crippen molar-refractivity contribution in [3.63, 3.8) is 0 Å². The van der Waals surface area contributed by atoms with Crippen molar-refractivity contribution in [2.24, 2.45) is 17.8 Å². The fraction of sp³-hybridized carbons (Fsp3) is 0.647. The number of carbonyl (C=O) groups excluding carboxylic acids is 1. The van der Waals surface area contributed by atoms with E-state index in [1.165, 1.54) is 0 Å². The second kappa shape index (κ2) is 15.2. The fourth-order valence-electron chi connectivity index (χ4n) is 6.37. The Morgan fingerprint density at radius 3 is 2.26 bits per heavy atom. The second-order valence-corrected chi connectivity index (χ2v) is 12.7. The number of carboxylic acids is 1. The maximum Gasteiger partial charge on any atom is 0.347 e. The van der Waals surface area contributed by atoms with Crippen LogP contribution >= 0.6 is 0 Å². The highest BCUT2D eigenvalue weighted by atomic mass is 16.6. The molecular weight excluding hydrogens is 536 g/mol. The van der Waals surface area contributed by atoms with Gasteiger partial charge in [0.15, 0.2) is 6.10 Å². The predicted molar refractivity (Wildman–Crippen MR) is 161 cm³/mol. The van der Waals surface area contributed by atoms with E-state index in [1.54, 1.807) is 0 Å². The van der Waals surface area contributed by atoms with Gasteiger partial charge in [-0.2, -0.15) is 0 Å². The number of fused-ring (bicyclic) bond motifs is 1. The van der Waals surface area contributed by atoms with E-state index < -0.39 is 48.9 Å². The molecule has 2 aliphatic rings. The lowest BCUT2D eigenvalue weighted by Gasteiger charge is -2.43. The van der Waals surface area contributed by atoms with E-state index in [2.05, 4.69) is 40.7 Å². The summed E-state index contributed by atoms with van der Waals surface area (Å²) in [7, 11) is 0. The quantitative estimate of drug-likeness (QED) is 0.210. The maximum absolute atomic E-state index is 13.7. The molecule has 234 valence electrons. The van der Waals surface area contributed by atoms with Crippen LogP contribution in [-0.2, 0) is 14.3 Å². The Balaban J connectivity index is 1.79. The Bertz CT molecular complexity index is 1100. The third-order valence-electron chi connectivity index (χ3n) is 8.64. The van der Waals surface area contributed by atoms with E-state index in [1.807, 2.05) is 37.3 Å². The van der Waals surface area contributed by atoms with Crippen molar-refractivity contribution in [3.05, 3.63) is 53.1 Å². The average Bonchev–Trinajstić information content (AvgIpc) is 2.90. The first-order valence-electron chi connectivity index (χ1n) is 15.5. The van der Waals surface area contributed by atoms with Crippen LogP contribution in [0.2, 0.25) is 0 Å². The van der Waals surface area contributed by atoms with E-state index in [-0.39, 0.29) is 42.4 Å².